The van der Waals surface area contributed by atoms with Crippen LogP contribution < -0.4 is 5.73 Å². The van der Waals surface area contributed by atoms with Crippen LogP contribution in [0.2, 0.25) is 0 Å². The molecule has 0 aromatic carbocycles. The fourth-order valence-corrected chi connectivity index (χ4v) is 2.66. The molecule has 72 valence electrons. The second-order valence-electron chi connectivity index (χ2n) is 3.19. The van der Waals surface area contributed by atoms with Gasteiger partial charge in [-0.2, -0.15) is 0 Å². The van der Waals surface area contributed by atoms with E-state index in [1.54, 1.807) is 0 Å². The summed E-state index contributed by atoms with van der Waals surface area (Å²) in [7, 11) is -0.695. The molecule has 2 heterocycles. The highest BCUT2D eigenvalue weighted by atomic mass is 32.2. The standard InChI is InChI=1S/C8H13N3OS/c9-3-1-8-10-6-2-4-13(12)5-7(6)11-8/h1-5,9H2,(H,10,11). The van der Waals surface area contributed by atoms with Gasteiger partial charge in [0, 0.05) is 29.4 Å². The first-order valence-electron chi connectivity index (χ1n) is 4.41. The molecule has 1 aliphatic heterocycles. The van der Waals surface area contributed by atoms with E-state index in [1.807, 2.05) is 0 Å². The minimum Gasteiger partial charge on any atom is -0.345 e. The first-order chi connectivity index (χ1) is 6.29. The van der Waals surface area contributed by atoms with Gasteiger partial charge >= 0.3 is 0 Å². The van der Waals surface area contributed by atoms with Gasteiger partial charge in [0.05, 0.1) is 17.1 Å². The van der Waals surface area contributed by atoms with Gasteiger partial charge in [-0.15, -0.1) is 0 Å². The molecule has 0 aliphatic carbocycles. The number of nitrogens with one attached hydrogen (secondary N) is 1. The number of nitrogens with two attached hydrogens (primary N) is 1. The normalized spacial score (nSPS) is 21.5. The molecule has 0 fully saturated rings. The summed E-state index contributed by atoms with van der Waals surface area (Å²) >= 11 is 0. The van der Waals surface area contributed by atoms with Crippen molar-refractivity contribution in [3.05, 3.63) is 17.2 Å². The number of H-pyrrole nitrogens is 1. The minimum absolute atomic E-state index is 0.607. The Hall–Kier alpha value is -0.680. The Kier molecular flexibility index (Phi) is 2.46. The highest BCUT2D eigenvalue weighted by Crippen LogP contribution is 2.15. The molecule has 3 N–H and O–H groups in total. The molecule has 0 spiro atoms. The Morgan fingerprint density at radius 3 is 3.23 bits per heavy atom. The van der Waals surface area contributed by atoms with Crippen molar-refractivity contribution < 1.29 is 4.21 Å². The lowest BCUT2D eigenvalue weighted by atomic mass is 10.3. The third kappa shape index (κ3) is 1.81. The summed E-state index contributed by atoms with van der Waals surface area (Å²) in [6, 6.07) is 0. The van der Waals surface area contributed by atoms with Gasteiger partial charge < -0.3 is 10.7 Å². The highest BCUT2D eigenvalue weighted by Gasteiger charge is 2.18. The van der Waals surface area contributed by atoms with Gasteiger partial charge in [0.2, 0.25) is 0 Å². The zero-order chi connectivity index (χ0) is 9.26. The number of aryl methyl sites for hydroxylation is 1. The van der Waals surface area contributed by atoms with Crippen molar-refractivity contribution in [3.63, 3.8) is 0 Å². The van der Waals surface area contributed by atoms with Crippen molar-refractivity contribution in [1.82, 2.24) is 9.97 Å². The molecule has 0 saturated heterocycles. The van der Waals surface area contributed by atoms with Crippen LogP contribution in [0.5, 0.6) is 0 Å². The molecule has 13 heavy (non-hydrogen) atoms. The average molecular weight is 199 g/mol. The minimum atomic E-state index is -0.695. The van der Waals surface area contributed by atoms with Gasteiger partial charge in [-0.25, -0.2) is 4.98 Å². The molecule has 1 unspecified atom stereocenters. The van der Waals surface area contributed by atoms with Crippen molar-refractivity contribution in [2.24, 2.45) is 5.73 Å². The number of fused-ring (bicyclic) bond motifs is 1. The first kappa shape index (κ1) is 8.90. The lowest BCUT2D eigenvalue weighted by molar-refractivity contribution is 0.678. The molecule has 4 nitrogen and oxygen atoms in total. The summed E-state index contributed by atoms with van der Waals surface area (Å²) < 4.78 is 11.2. The van der Waals surface area contributed by atoms with Crippen molar-refractivity contribution >= 4 is 10.8 Å². The molecule has 1 aromatic rings. The van der Waals surface area contributed by atoms with Crippen LogP contribution >= 0.6 is 0 Å². The predicted molar refractivity (Wildman–Crippen MR) is 51.8 cm³/mol. The highest BCUT2D eigenvalue weighted by molar-refractivity contribution is 7.84. The van der Waals surface area contributed by atoms with E-state index in [4.69, 9.17) is 5.73 Å². The maximum absolute atomic E-state index is 11.2. The summed E-state index contributed by atoms with van der Waals surface area (Å²) in [5.74, 6) is 2.32. The molecule has 2 rings (SSSR count). The number of imidazole rings is 1. The summed E-state index contributed by atoms with van der Waals surface area (Å²) in [6.45, 7) is 0.607. The lowest BCUT2D eigenvalue weighted by Crippen LogP contribution is -2.12. The number of nitrogens with zero attached hydrogens (tertiary/aromatic N) is 1. The van der Waals surface area contributed by atoms with Crippen molar-refractivity contribution in [2.45, 2.75) is 18.6 Å². The number of aromatic nitrogens is 2. The SMILES string of the molecule is NCCc1nc2c([nH]1)CS(=O)CC2. The molecular formula is C8H13N3OS. The van der Waals surface area contributed by atoms with Gasteiger partial charge in [-0.1, -0.05) is 0 Å². The van der Waals surface area contributed by atoms with Crippen LogP contribution in [0, 0.1) is 0 Å². The van der Waals surface area contributed by atoms with Crippen LogP contribution in [-0.4, -0.2) is 26.5 Å². The molecular weight excluding hydrogens is 186 g/mol. The fraction of sp³-hybridized carbons (Fsp3) is 0.625. The van der Waals surface area contributed by atoms with E-state index in [0.717, 1.165) is 35.8 Å². The van der Waals surface area contributed by atoms with Crippen LogP contribution in [0.3, 0.4) is 0 Å². The predicted octanol–water partition coefficient (Wildman–Crippen LogP) is -0.284. The maximum atomic E-state index is 11.2. The van der Waals surface area contributed by atoms with Crippen LogP contribution in [0.25, 0.3) is 0 Å². The molecule has 1 atom stereocenters. The fourth-order valence-electron chi connectivity index (χ4n) is 1.53. The number of hydrogen-bond donors (Lipinski definition) is 2. The maximum Gasteiger partial charge on any atom is 0.107 e. The van der Waals surface area contributed by atoms with Crippen LogP contribution in [0.15, 0.2) is 0 Å². The molecule has 0 saturated carbocycles. The summed E-state index contributed by atoms with van der Waals surface area (Å²) in [5, 5.41) is 0. The largest absolute Gasteiger partial charge is 0.345 e. The van der Waals surface area contributed by atoms with Gasteiger partial charge in [0.25, 0.3) is 0 Å². The second-order valence-corrected chi connectivity index (χ2v) is 4.76. The summed E-state index contributed by atoms with van der Waals surface area (Å²) in [5.41, 5.74) is 7.56. The summed E-state index contributed by atoms with van der Waals surface area (Å²) in [4.78, 5) is 7.59. The van der Waals surface area contributed by atoms with Crippen LogP contribution in [0.1, 0.15) is 17.2 Å². The number of hydrogen-bond acceptors (Lipinski definition) is 3. The number of rotatable bonds is 2. The van der Waals surface area contributed by atoms with Gasteiger partial charge in [-0.3, -0.25) is 4.21 Å². The van der Waals surface area contributed by atoms with Crippen molar-refractivity contribution in [2.75, 3.05) is 12.3 Å². The molecule has 1 aliphatic rings. The average Bonchev–Trinajstić information content (AvgIpc) is 2.46. The number of aromatic amines is 1. The Labute approximate surface area is 79.4 Å². The Morgan fingerprint density at radius 1 is 1.62 bits per heavy atom. The molecule has 1 aromatic heterocycles. The van der Waals surface area contributed by atoms with E-state index in [9.17, 15) is 4.21 Å². The molecule has 0 radical (unpaired) electrons. The Balaban J connectivity index is 2.23. The second kappa shape index (κ2) is 3.59. The zero-order valence-electron chi connectivity index (χ0n) is 7.38. The van der Waals surface area contributed by atoms with Crippen molar-refractivity contribution in [1.29, 1.82) is 0 Å². The monoisotopic (exact) mass is 199 g/mol. The Bertz CT molecular complexity index is 334. The van der Waals surface area contributed by atoms with Crippen molar-refractivity contribution in [3.8, 4) is 0 Å². The Morgan fingerprint density at radius 2 is 2.46 bits per heavy atom. The quantitative estimate of drug-likeness (QED) is 0.688. The molecule has 5 heteroatoms. The van der Waals surface area contributed by atoms with E-state index in [1.165, 1.54) is 0 Å². The summed E-state index contributed by atoms with van der Waals surface area (Å²) in [6.07, 6.45) is 1.61. The van der Waals surface area contributed by atoms with E-state index in [0.29, 0.717) is 12.3 Å². The third-order valence-electron chi connectivity index (χ3n) is 2.17. The van der Waals surface area contributed by atoms with Crippen LogP contribution in [-0.2, 0) is 29.4 Å². The van der Waals surface area contributed by atoms with E-state index >= 15 is 0 Å². The van der Waals surface area contributed by atoms with E-state index in [-0.39, 0.29) is 0 Å². The van der Waals surface area contributed by atoms with Gasteiger partial charge in [0.15, 0.2) is 0 Å². The zero-order valence-corrected chi connectivity index (χ0v) is 8.19. The van der Waals surface area contributed by atoms with Gasteiger partial charge in [0.1, 0.15) is 5.82 Å². The lowest BCUT2D eigenvalue weighted by Gasteiger charge is -2.07. The topological polar surface area (TPSA) is 71.8 Å². The smallest absolute Gasteiger partial charge is 0.107 e. The van der Waals surface area contributed by atoms with E-state index in [2.05, 4.69) is 9.97 Å². The molecule has 0 bridgehead atoms. The van der Waals surface area contributed by atoms with Crippen LogP contribution in [0.4, 0.5) is 0 Å². The van der Waals surface area contributed by atoms with E-state index < -0.39 is 10.8 Å². The van der Waals surface area contributed by atoms with Gasteiger partial charge in [-0.05, 0) is 6.54 Å². The molecule has 0 amide bonds. The first-order valence-corrected chi connectivity index (χ1v) is 5.90. The third-order valence-corrected chi connectivity index (χ3v) is 3.44.